The number of hydrogen-bond donors (Lipinski definition) is 1. The Morgan fingerprint density at radius 1 is 1.38 bits per heavy atom. The summed E-state index contributed by atoms with van der Waals surface area (Å²) in [6.07, 6.45) is 3.84. The van der Waals surface area contributed by atoms with Gasteiger partial charge in [-0.1, -0.05) is 0 Å². The van der Waals surface area contributed by atoms with Crippen molar-refractivity contribution < 1.29 is 9.47 Å². The van der Waals surface area contributed by atoms with Crippen LogP contribution < -0.4 is 15.2 Å². The van der Waals surface area contributed by atoms with Gasteiger partial charge in [-0.2, -0.15) is 0 Å². The van der Waals surface area contributed by atoms with Gasteiger partial charge in [-0.05, 0) is 25.8 Å². The van der Waals surface area contributed by atoms with Crippen molar-refractivity contribution >= 4 is 0 Å². The Hall–Kier alpha value is -1.29. The first kappa shape index (κ1) is 11.2. The van der Waals surface area contributed by atoms with Gasteiger partial charge in [-0.15, -0.1) is 0 Å². The van der Waals surface area contributed by atoms with E-state index in [1.807, 2.05) is 13.0 Å². The number of ether oxygens (including phenoxy) is 2. The zero-order valence-corrected chi connectivity index (χ0v) is 9.99. The van der Waals surface area contributed by atoms with Gasteiger partial charge in [0, 0.05) is 17.7 Å². The number of nitrogens with two attached hydrogens (primary N) is 1. The number of rotatable bonds is 4. The van der Waals surface area contributed by atoms with Crippen molar-refractivity contribution in [1.82, 2.24) is 4.98 Å². The van der Waals surface area contributed by atoms with Crippen LogP contribution in [-0.2, 0) is 5.41 Å². The first-order valence-electron chi connectivity index (χ1n) is 5.49. The summed E-state index contributed by atoms with van der Waals surface area (Å²) in [6, 6.07) is 1.94. The molecule has 2 N–H and O–H groups in total. The third-order valence-electron chi connectivity index (χ3n) is 3.45. The van der Waals surface area contributed by atoms with E-state index in [1.54, 1.807) is 20.4 Å². The number of pyridine rings is 1. The highest BCUT2D eigenvalue weighted by Crippen LogP contribution is 2.55. The lowest BCUT2D eigenvalue weighted by Crippen LogP contribution is -2.32. The van der Waals surface area contributed by atoms with E-state index in [4.69, 9.17) is 15.2 Å². The lowest BCUT2D eigenvalue weighted by Gasteiger charge is -2.23. The zero-order chi connectivity index (χ0) is 11.8. The molecule has 1 aromatic rings. The summed E-state index contributed by atoms with van der Waals surface area (Å²) >= 11 is 0. The van der Waals surface area contributed by atoms with Gasteiger partial charge < -0.3 is 15.2 Å². The predicted octanol–water partition coefficient (Wildman–Crippen LogP) is 1.48. The molecule has 0 aliphatic heterocycles. The molecule has 0 radical (unpaired) electrons. The van der Waals surface area contributed by atoms with E-state index >= 15 is 0 Å². The molecule has 0 spiro atoms. The molecule has 0 aromatic carbocycles. The van der Waals surface area contributed by atoms with E-state index in [-0.39, 0.29) is 11.5 Å². The van der Waals surface area contributed by atoms with Crippen molar-refractivity contribution in [3.8, 4) is 11.6 Å². The molecule has 0 bridgehead atoms. The Labute approximate surface area is 95.8 Å². The van der Waals surface area contributed by atoms with Crippen LogP contribution in [0.5, 0.6) is 11.6 Å². The molecule has 1 unspecified atom stereocenters. The van der Waals surface area contributed by atoms with Gasteiger partial charge in [0.05, 0.1) is 19.8 Å². The summed E-state index contributed by atoms with van der Waals surface area (Å²) in [5, 5.41) is 0. The highest BCUT2D eigenvalue weighted by molar-refractivity contribution is 5.50. The smallest absolute Gasteiger partial charge is 0.220 e. The van der Waals surface area contributed by atoms with Gasteiger partial charge in [0.1, 0.15) is 5.75 Å². The molecule has 88 valence electrons. The molecule has 4 heteroatoms. The van der Waals surface area contributed by atoms with E-state index in [2.05, 4.69) is 4.98 Å². The molecule has 1 aromatic heterocycles. The SMILES string of the molecule is COc1ccnc(OC)c1C1(C(C)N)CC1. The fourth-order valence-electron chi connectivity index (χ4n) is 2.28. The fraction of sp³-hybridized carbons (Fsp3) is 0.583. The van der Waals surface area contributed by atoms with Crippen molar-refractivity contribution in [2.75, 3.05) is 14.2 Å². The van der Waals surface area contributed by atoms with E-state index in [0.29, 0.717) is 5.88 Å². The molecule has 1 aliphatic rings. The molecular weight excluding hydrogens is 204 g/mol. The van der Waals surface area contributed by atoms with Gasteiger partial charge in [-0.25, -0.2) is 4.98 Å². The topological polar surface area (TPSA) is 57.4 Å². The van der Waals surface area contributed by atoms with E-state index in [0.717, 1.165) is 24.2 Å². The Morgan fingerprint density at radius 2 is 2.06 bits per heavy atom. The average molecular weight is 222 g/mol. The maximum atomic E-state index is 6.07. The second kappa shape index (κ2) is 3.94. The quantitative estimate of drug-likeness (QED) is 0.838. The normalized spacial score (nSPS) is 19.0. The van der Waals surface area contributed by atoms with Crippen LogP contribution in [-0.4, -0.2) is 25.2 Å². The van der Waals surface area contributed by atoms with Crippen LogP contribution in [0, 0.1) is 0 Å². The maximum absolute atomic E-state index is 6.07. The summed E-state index contributed by atoms with van der Waals surface area (Å²) in [5.41, 5.74) is 7.09. The van der Waals surface area contributed by atoms with Gasteiger partial charge in [0.15, 0.2) is 0 Å². The van der Waals surface area contributed by atoms with E-state index < -0.39 is 0 Å². The van der Waals surface area contributed by atoms with Crippen LogP contribution in [0.1, 0.15) is 25.3 Å². The van der Waals surface area contributed by atoms with Gasteiger partial charge >= 0.3 is 0 Å². The van der Waals surface area contributed by atoms with Crippen LogP contribution in [0.3, 0.4) is 0 Å². The van der Waals surface area contributed by atoms with Crippen molar-refractivity contribution in [3.63, 3.8) is 0 Å². The van der Waals surface area contributed by atoms with E-state index in [1.165, 1.54) is 0 Å². The van der Waals surface area contributed by atoms with Gasteiger partial charge in [0.25, 0.3) is 0 Å². The zero-order valence-electron chi connectivity index (χ0n) is 9.99. The fourth-order valence-corrected chi connectivity index (χ4v) is 2.28. The van der Waals surface area contributed by atoms with Crippen LogP contribution in [0.2, 0.25) is 0 Å². The van der Waals surface area contributed by atoms with Crippen LogP contribution in [0.15, 0.2) is 12.3 Å². The molecule has 0 amide bonds. The molecule has 1 atom stereocenters. The number of nitrogens with zero attached hydrogens (tertiary/aromatic N) is 1. The highest BCUT2D eigenvalue weighted by atomic mass is 16.5. The summed E-state index contributed by atoms with van der Waals surface area (Å²) in [5.74, 6) is 1.45. The summed E-state index contributed by atoms with van der Waals surface area (Å²) in [4.78, 5) is 4.24. The van der Waals surface area contributed by atoms with Crippen molar-refractivity contribution in [1.29, 1.82) is 0 Å². The summed E-state index contributed by atoms with van der Waals surface area (Å²) < 4.78 is 10.7. The Balaban J connectivity index is 2.53. The average Bonchev–Trinajstić information content (AvgIpc) is 3.09. The molecule has 1 saturated carbocycles. The second-order valence-corrected chi connectivity index (χ2v) is 4.34. The molecule has 0 saturated heterocycles. The predicted molar refractivity (Wildman–Crippen MR) is 61.9 cm³/mol. The monoisotopic (exact) mass is 222 g/mol. The number of methoxy groups -OCH3 is 2. The largest absolute Gasteiger partial charge is 0.496 e. The number of aromatic nitrogens is 1. The maximum Gasteiger partial charge on any atom is 0.220 e. The minimum Gasteiger partial charge on any atom is -0.496 e. The molecule has 1 fully saturated rings. The van der Waals surface area contributed by atoms with Crippen LogP contribution >= 0.6 is 0 Å². The van der Waals surface area contributed by atoms with Crippen molar-refractivity contribution in [2.45, 2.75) is 31.2 Å². The van der Waals surface area contributed by atoms with E-state index in [9.17, 15) is 0 Å². The Bertz CT molecular complexity index is 364. The van der Waals surface area contributed by atoms with Crippen molar-refractivity contribution in [3.05, 3.63) is 17.8 Å². The second-order valence-electron chi connectivity index (χ2n) is 4.34. The molecule has 4 nitrogen and oxygen atoms in total. The lowest BCUT2D eigenvalue weighted by molar-refractivity contribution is 0.358. The van der Waals surface area contributed by atoms with Crippen molar-refractivity contribution in [2.24, 2.45) is 5.73 Å². The first-order valence-corrected chi connectivity index (χ1v) is 5.49. The summed E-state index contributed by atoms with van der Waals surface area (Å²) in [7, 11) is 3.29. The molecule has 16 heavy (non-hydrogen) atoms. The van der Waals surface area contributed by atoms with Crippen LogP contribution in [0.25, 0.3) is 0 Å². The number of hydrogen-bond acceptors (Lipinski definition) is 4. The minimum atomic E-state index is -0.00898. The Morgan fingerprint density at radius 3 is 2.50 bits per heavy atom. The first-order chi connectivity index (χ1) is 7.65. The minimum absolute atomic E-state index is 0.00898. The highest BCUT2D eigenvalue weighted by Gasteiger charge is 2.51. The third kappa shape index (κ3) is 1.53. The molecular formula is C12H18N2O2. The molecule has 1 heterocycles. The molecule has 2 rings (SSSR count). The third-order valence-corrected chi connectivity index (χ3v) is 3.45. The van der Waals surface area contributed by atoms with Gasteiger partial charge in [-0.3, -0.25) is 0 Å². The standard InChI is InChI=1S/C12H18N2O2/c1-8(13)12(5-6-12)10-9(15-2)4-7-14-11(10)16-3/h4,7-8H,5-6,13H2,1-3H3. The molecule has 1 aliphatic carbocycles. The summed E-state index contributed by atoms with van der Waals surface area (Å²) in [6.45, 7) is 2.03. The van der Waals surface area contributed by atoms with Crippen LogP contribution in [0.4, 0.5) is 0 Å². The van der Waals surface area contributed by atoms with Gasteiger partial charge in [0.2, 0.25) is 5.88 Å². The lowest BCUT2D eigenvalue weighted by atomic mass is 9.89. The Kier molecular flexibility index (Phi) is 2.76.